The van der Waals surface area contributed by atoms with E-state index < -0.39 is 17.5 Å². The minimum Gasteiger partial charge on any atom is -0.472 e. The number of benzene rings is 2. The fourth-order valence-corrected chi connectivity index (χ4v) is 5.16. The number of rotatable bonds is 3. The summed E-state index contributed by atoms with van der Waals surface area (Å²) in [5.41, 5.74) is 3.92. The second kappa shape index (κ2) is 7.83. The van der Waals surface area contributed by atoms with E-state index in [0.29, 0.717) is 0 Å². The summed E-state index contributed by atoms with van der Waals surface area (Å²) in [5.74, 6) is -0.393. The van der Waals surface area contributed by atoms with Crippen LogP contribution in [-0.4, -0.2) is 26.2 Å². The summed E-state index contributed by atoms with van der Waals surface area (Å²) in [6, 6.07) is 17.4. The number of hydrogen-bond acceptors (Lipinski definition) is 5. The number of carbonyl (C=O) groups excluding carboxylic acids is 2. The lowest BCUT2D eigenvalue weighted by Gasteiger charge is -2.33. The Hall–Kier alpha value is -3.60. The number of carbonyl (C=O) groups is 2. The molecule has 2 aromatic carbocycles. The Morgan fingerprint density at radius 1 is 0.906 bits per heavy atom. The molecule has 3 aliphatic rings. The van der Waals surface area contributed by atoms with Crippen molar-refractivity contribution < 1.29 is 23.8 Å². The molecule has 1 aliphatic carbocycles. The third kappa shape index (κ3) is 2.84. The SMILES string of the molecule is COC(=O)/C1=C(\C(=O)OC)C2(c3ccccc3)O/C(=C3/CCC/C3=C/C1)c1ccccc12. The van der Waals surface area contributed by atoms with Gasteiger partial charge in [0.15, 0.2) is 5.60 Å². The zero-order chi connectivity index (χ0) is 22.3. The molecule has 1 unspecified atom stereocenters. The molecule has 0 amide bonds. The molecule has 0 N–H and O–H groups in total. The van der Waals surface area contributed by atoms with E-state index in [1.165, 1.54) is 14.2 Å². The molecule has 1 fully saturated rings. The summed E-state index contributed by atoms with van der Waals surface area (Å²) in [5, 5.41) is 0. The van der Waals surface area contributed by atoms with Crippen LogP contribution in [0, 0.1) is 0 Å². The van der Waals surface area contributed by atoms with E-state index in [9.17, 15) is 9.59 Å². The van der Waals surface area contributed by atoms with Crippen molar-refractivity contribution >= 4 is 17.7 Å². The quantitative estimate of drug-likeness (QED) is 0.656. The van der Waals surface area contributed by atoms with Crippen LogP contribution >= 0.6 is 0 Å². The number of allylic oxidation sites excluding steroid dienone is 3. The van der Waals surface area contributed by atoms with Crippen molar-refractivity contribution in [2.45, 2.75) is 31.3 Å². The minimum absolute atomic E-state index is 0.165. The van der Waals surface area contributed by atoms with Crippen molar-refractivity contribution in [3.63, 3.8) is 0 Å². The van der Waals surface area contributed by atoms with Gasteiger partial charge in [0.25, 0.3) is 0 Å². The maximum atomic E-state index is 13.4. The Labute approximate surface area is 187 Å². The van der Waals surface area contributed by atoms with Crippen molar-refractivity contribution in [3.05, 3.63) is 99.7 Å². The molecule has 2 heterocycles. The number of hydrogen-bond donors (Lipinski definition) is 0. The van der Waals surface area contributed by atoms with Gasteiger partial charge in [-0.05, 0) is 36.8 Å². The minimum atomic E-state index is -1.32. The first kappa shape index (κ1) is 20.3. The molecule has 1 atom stereocenters. The summed E-state index contributed by atoms with van der Waals surface area (Å²) in [7, 11) is 2.65. The topological polar surface area (TPSA) is 61.8 Å². The molecule has 5 heteroatoms. The molecule has 32 heavy (non-hydrogen) atoms. The number of ether oxygens (including phenoxy) is 3. The predicted molar refractivity (Wildman–Crippen MR) is 119 cm³/mol. The van der Waals surface area contributed by atoms with Crippen LogP contribution in [0.3, 0.4) is 0 Å². The average Bonchev–Trinajstić information content (AvgIpc) is 3.45. The van der Waals surface area contributed by atoms with Crippen LogP contribution < -0.4 is 0 Å². The predicted octanol–water partition coefficient (Wildman–Crippen LogP) is 4.83. The molecule has 0 saturated heterocycles. The molecule has 162 valence electrons. The van der Waals surface area contributed by atoms with Crippen LogP contribution in [0.25, 0.3) is 5.76 Å². The lowest BCUT2D eigenvalue weighted by Crippen LogP contribution is -2.36. The second-order valence-electron chi connectivity index (χ2n) is 8.13. The highest BCUT2D eigenvalue weighted by Gasteiger charge is 2.54. The normalized spacial score (nSPS) is 27.6. The zero-order valence-corrected chi connectivity index (χ0v) is 18.1. The van der Waals surface area contributed by atoms with Gasteiger partial charge in [-0.3, -0.25) is 0 Å². The largest absolute Gasteiger partial charge is 0.472 e. The highest BCUT2D eigenvalue weighted by atomic mass is 16.5. The first-order valence-electron chi connectivity index (χ1n) is 10.8. The molecule has 2 aliphatic heterocycles. The third-order valence-electron chi connectivity index (χ3n) is 6.55. The monoisotopic (exact) mass is 428 g/mol. The highest BCUT2D eigenvalue weighted by Crippen LogP contribution is 2.56. The van der Waals surface area contributed by atoms with Gasteiger partial charge in [-0.25, -0.2) is 9.59 Å². The van der Waals surface area contributed by atoms with Gasteiger partial charge in [-0.1, -0.05) is 60.7 Å². The fraction of sp³-hybridized carbons (Fsp3) is 0.259. The van der Waals surface area contributed by atoms with Crippen LogP contribution in [-0.2, 0) is 29.4 Å². The van der Waals surface area contributed by atoms with Gasteiger partial charge < -0.3 is 14.2 Å². The lowest BCUT2D eigenvalue weighted by molar-refractivity contribution is -0.141. The van der Waals surface area contributed by atoms with E-state index in [2.05, 4.69) is 0 Å². The van der Waals surface area contributed by atoms with Crippen molar-refractivity contribution in [2.24, 2.45) is 0 Å². The Morgan fingerprint density at radius 2 is 1.62 bits per heavy atom. The molecular formula is C27H24O5. The average molecular weight is 428 g/mol. The van der Waals surface area contributed by atoms with E-state index in [4.69, 9.17) is 14.2 Å². The smallest absolute Gasteiger partial charge is 0.339 e. The standard InChI is InChI=1S/C27H24O5/c1-30-25(28)21-16-15-17-9-8-13-19(17)24-20-12-6-7-14-22(20)27(32-24,23(21)26(29)31-2)18-10-4-3-5-11-18/h3-7,10-12,14-15H,8-9,13,16H2,1-2H3/b17-15-,23-21+,24-19-. The van der Waals surface area contributed by atoms with Gasteiger partial charge in [-0.15, -0.1) is 0 Å². The van der Waals surface area contributed by atoms with E-state index in [0.717, 1.165) is 52.9 Å². The molecule has 0 radical (unpaired) electrons. The summed E-state index contributed by atoms with van der Waals surface area (Å²) in [6.07, 6.45) is 5.13. The van der Waals surface area contributed by atoms with Gasteiger partial charge in [0.05, 0.1) is 19.8 Å². The zero-order valence-electron chi connectivity index (χ0n) is 18.1. The first-order chi connectivity index (χ1) is 15.6. The summed E-state index contributed by atoms with van der Waals surface area (Å²) in [6.45, 7) is 0. The molecule has 5 rings (SSSR count). The van der Waals surface area contributed by atoms with Gasteiger partial charge in [0, 0.05) is 16.7 Å². The molecule has 2 bridgehead atoms. The molecule has 2 aromatic rings. The van der Waals surface area contributed by atoms with Crippen LogP contribution in [0.2, 0.25) is 0 Å². The summed E-state index contributed by atoms with van der Waals surface area (Å²) >= 11 is 0. The van der Waals surface area contributed by atoms with E-state index in [1.807, 2.05) is 60.7 Å². The summed E-state index contributed by atoms with van der Waals surface area (Å²) < 4.78 is 17.2. The molecule has 0 aromatic heterocycles. The van der Waals surface area contributed by atoms with E-state index in [1.54, 1.807) is 0 Å². The Kier molecular flexibility index (Phi) is 4.97. The van der Waals surface area contributed by atoms with Gasteiger partial charge in [-0.2, -0.15) is 0 Å². The molecule has 1 saturated carbocycles. The van der Waals surface area contributed by atoms with Crippen molar-refractivity contribution in [2.75, 3.05) is 14.2 Å². The third-order valence-corrected chi connectivity index (χ3v) is 6.55. The maximum Gasteiger partial charge on any atom is 0.339 e. The molecule has 0 spiro atoms. The second-order valence-corrected chi connectivity index (χ2v) is 8.13. The lowest BCUT2D eigenvalue weighted by atomic mass is 9.76. The van der Waals surface area contributed by atoms with Crippen LogP contribution in [0.4, 0.5) is 0 Å². The van der Waals surface area contributed by atoms with Crippen LogP contribution in [0.5, 0.6) is 0 Å². The fourth-order valence-electron chi connectivity index (χ4n) is 5.16. The van der Waals surface area contributed by atoms with Crippen molar-refractivity contribution in [1.82, 2.24) is 0 Å². The van der Waals surface area contributed by atoms with E-state index >= 15 is 0 Å². The Bertz CT molecular complexity index is 1200. The number of methoxy groups -OCH3 is 2. The first-order valence-corrected chi connectivity index (χ1v) is 10.8. The number of esters is 2. The molecule has 5 nitrogen and oxygen atoms in total. The highest BCUT2D eigenvalue weighted by molar-refractivity contribution is 6.04. The van der Waals surface area contributed by atoms with Crippen molar-refractivity contribution in [3.8, 4) is 0 Å². The van der Waals surface area contributed by atoms with Gasteiger partial charge >= 0.3 is 11.9 Å². The number of fused-ring (bicyclic) bond motifs is 6. The Morgan fingerprint density at radius 3 is 2.38 bits per heavy atom. The summed E-state index contributed by atoms with van der Waals surface area (Å²) in [4.78, 5) is 26.4. The van der Waals surface area contributed by atoms with Gasteiger partial charge in [0.2, 0.25) is 0 Å². The van der Waals surface area contributed by atoms with Crippen molar-refractivity contribution in [1.29, 1.82) is 0 Å². The van der Waals surface area contributed by atoms with Crippen LogP contribution in [0.1, 0.15) is 42.4 Å². The molecular weight excluding hydrogens is 404 g/mol. The maximum absolute atomic E-state index is 13.4. The Balaban J connectivity index is 1.97. The van der Waals surface area contributed by atoms with Gasteiger partial charge in [0.1, 0.15) is 11.3 Å². The van der Waals surface area contributed by atoms with Crippen LogP contribution in [0.15, 0.2) is 83.0 Å². The van der Waals surface area contributed by atoms with E-state index in [-0.39, 0.29) is 17.6 Å².